The number of aliphatic hydroxyl groups excluding tert-OH is 1. The summed E-state index contributed by atoms with van der Waals surface area (Å²) in [4.78, 5) is 17.5. The monoisotopic (exact) mass is 533 g/mol. The minimum atomic E-state index is -0.762. The van der Waals surface area contributed by atoms with Crippen LogP contribution >= 0.6 is 0 Å². The molecule has 39 heavy (non-hydrogen) atoms. The van der Waals surface area contributed by atoms with Crippen LogP contribution in [0.4, 0.5) is 20.4 Å². The number of aromatic nitrogens is 6. The summed E-state index contributed by atoms with van der Waals surface area (Å²) in [6, 6.07) is 11.3. The molecule has 0 aliphatic rings. The number of hydrogen-bond acceptors (Lipinski definition) is 9. The molecular weight excluding hydrogens is 508 g/mol. The average molecular weight is 534 g/mol. The zero-order valence-electron chi connectivity index (χ0n) is 21.2. The van der Waals surface area contributed by atoms with Crippen LogP contribution in [0.25, 0.3) is 22.4 Å². The number of anilines is 2. The van der Waals surface area contributed by atoms with Crippen LogP contribution in [-0.4, -0.2) is 55.1 Å². The maximum atomic E-state index is 14.9. The van der Waals surface area contributed by atoms with Gasteiger partial charge in [0.2, 0.25) is 0 Å². The Morgan fingerprint density at radius 3 is 2.59 bits per heavy atom. The van der Waals surface area contributed by atoms with Gasteiger partial charge in [-0.05, 0) is 19.1 Å². The Balaban J connectivity index is 1.51. The lowest BCUT2D eigenvalue weighted by atomic mass is 10.1. The number of rotatable bonds is 10. The van der Waals surface area contributed by atoms with E-state index in [1.807, 2.05) is 18.2 Å². The second-order valence-electron chi connectivity index (χ2n) is 8.54. The van der Waals surface area contributed by atoms with Crippen LogP contribution in [0.5, 0.6) is 11.5 Å². The van der Waals surface area contributed by atoms with E-state index in [0.717, 1.165) is 12.1 Å². The van der Waals surface area contributed by atoms with Gasteiger partial charge in [-0.15, -0.1) is 0 Å². The number of aliphatic hydroxyl groups is 1. The summed E-state index contributed by atoms with van der Waals surface area (Å²) < 4.78 is 42.1. The van der Waals surface area contributed by atoms with Crippen LogP contribution < -0.4 is 14.8 Å². The lowest BCUT2D eigenvalue weighted by Crippen LogP contribution is -2.08. The molecule has 0 bridgehead atoms. The van der Waals surface area contributed by atoms with E-state index in [-0.39, 0.29) is 36.9 Å². The molecule has 200 valence electrons. The summed E-state index contributed by atoms with van der Waals surface area (Å²) in [6.07, 6.45) is 3.50. The van der Waals surface area contributed by atoms with E-state index in [1.54, 1.807) is 25.3 Å². The lowest BCUT2D eigenvalue weighted by molar-refractivity contribution is 0.232. The molecule has 2 N–H and O–H groups in total. The van der Waals surface area contributed by atoms with Crippen LogP contribution in [0.3, 0.4) is 0 Å². The smallest absolute Gasteiger partial charge is 0.183 e. The van der Waals surface area contributed by atoms with Crippen molar-refractivity contribution in [3.05, 3.63) is 77.9 Å². The van der Waals surface area contributed by atoms with Crippen LogP contribution in [-0.2, 0) is 6.54 Å². The first kappa shape index (κ1) is 25.9. The maximum Gasteiger partial charge on any atom is 0.183 e. The van der Waals surface area contributed by atoms with E-state index in [2.05, 4.69) is 30.4 Å². The maximum absolute atomic E-state index is 14.9. The van der Waals surface area contributed by atoms with Crippen molar-refractivity contribution in [1.29, 1.82) is 0 Å². The van der Waals surface area contributed by atoms with Gasteiger partial charge in [-0.3, -0.25) is 4.68 Å². The molecule has 0 atom stereocenters. The Labute approximate surface area is 222 Å². The number of aryl methyl sites for hydroxylation is 1. The Morgan fingerprint density at radius 1 is 1.05 bits per heavy atom. The second-order valence-corrected chi connectivity index (χ2v) is 8.54. The van der Waals surface area contributed by atoms with Gasteiger partial charge < -0.3 is 19.9 Å². The van der Waals surface area contributed by atoms with Gasteiger partial charge in [-0.1, -0.05) is 18.2 Å². The molecule has 5 aromatic rings. The fourth-order valence-electron chi connectivity index (χ4n) is 4.00. The molecule has 0 aliphatic heterocycles. The van der Waals surface area contributed by atoms with Crippen molar-refractivity contribution in [3.8, 4) is 23.0 Å². The van der Waals surface area contributed by atoms with Crippen molar-refractivity contribution >= 4 is 22.5 Å². The van der Waals surface area contributed by atoms with Crippen LogP contribution in [0.2, 0.25) is 0 Å². The highest BCUT2D eigenvalue weighted by Gasteiger charge is 2.20. The molecule has 0 saturated carbocycles. The molecule has 3 heterocycles. The zero-order chi connectivity index (χ0) is 27.4. The number of methoxy groups -OCH3 is 1. The number of nitrogens with zero attached hydrogens (tertiary/aromatic N) is 6. The number of benzene rings is 2. The van der Waals surface area contributed by atoms with Gasteiger partial charge in [0.25, 0.3) is 0 Å². The highest BCUT2D eigenvalue weighted by Crippen LogP contribution is 2.31. The van der Waals surface area contributed by atoms with E-state index < -0.39 is 11.6 Å². The number of para-hydroxylation sites is 1. The van der Waals surface area contributed by atoms with Gasteiger partial charge in [-0.25, -0.2) is 28.7 Å². The predicted molar refractivity (Wildman–Crippen MR) is 140 cm³/mol. The molecule has 0 aliphatic carbocycles. The van der Waals surface area contributed by atoms with Gasteiger partial charge in [0.15, 0.2) is 17.4 Å². The van der Waals surface area contributed by atoms with Crippen LogP contribution in [0.15, 0.2) is 54.9 Å². The highest BCUT2D eigenvalue weighted by atomic mass is 19.1. The quantitative estimate of drug-likeness (QED) is 0.251. The van der Waals surface area contributed by atoms with E-state index in [0.29, 0.717) is 46.2 Å². The van der Waals surface area contributed by atoms with Crippen LogP contribution in [0.1, 0.15) is 17.8 Å². The summed E-state index contributed by atoms with van der Waals surface area (Å²) >= 11 is 0. The molecule has 0 amide bonds. The van der Waals surface area contributed by atoms with E-state index in [4.69, 9.17) is 14.6 Å². The summed E-state index contributed by atoms with van der Waals surface area (Å²) in [6.45, 7) is 1.68. The Kier molecular flexibility index (Phi) is 7.55. The summed E-state index contributed by atoms with van der Waals surface area (Å²) in [5, 5.41) is 17.4. The van der Waals surface area contributed by atoms with Gasteiger partial charge in [0.05, 0.1) is 32.0 Å². The van der Waals surface area contributed by atoms with Crippen molar-refractivity contribution in [2.75, 3.05) is 25.6 Å². The Morgan fingerprint density at radius 2 is 1.85 bits per heavy atom. The third-order valence-corrected chi connectivity index (χ3v) is 5.86. The first-order valence-electron chi connectivity index (χ1n) is 12.1. The van der Waals surface area contributed by atoms with Crippen molar-refractivity contribution < 1.29 is 23.4 Å². The summed E-state index contributed by atoms with van der Waals surface area (Å²) in [5.41, 5.74) is 0.913. The van der Waals surface area contributed by atoms with Crippen molar-refractivity contribution in [3.63, 3.8) is 0 Å². The molecule has 0 fully saturated rings. The van der Waals surface area contributed by atoms with Gasteiger partial charge in [0.1, 0.15) is 34.7 Å². The first-order chi connectivity index (χ1) is 19.0. The van der Waals surface area contributed by atoms with E-state index in [9.17, 15) is 8.78 Å². The van der Waals surface area contributed by atoms with Gasteiger partial charge in [-0.2, -0.15) is 5.10 Å². The molecule has 2 aromatic carbocycles. The normalized spacial score (nSPS) is 11.1. The first-order valence-corrected chi connectivity index (χ1v) is 12.1. The third-order valence-electron chi connectivity index (χ3n) is 5.86. The number of ether oxygens (including phenoxy) is 2. The molecule has 5 rings (SSSR count). The SMILES string of the molecule is COc1cnc(-c2nn(Cc3c(F)cc(OCCCO)cc3F)c3ccccc23)nc1Nc1ccnc(C)n1. The minimum Gasteiger partial charge on any atom is -0.493 e. The summed E-state index contributed by atoms with van der Waals surface area (Å²) in [7, 11) is 1.50. The van der Waals surface area contributed by atoms with Gasteiger partial charge in [0, 0.05) is 42.3 Å². The van der Waals surface area contributed by atoms with Crippen molar-refractivity contribution in [2.24, 2.45) is 0 Å². The topological polar surface area (TPSA) is 120 Å². The fraction of sp³-hybridized carbons (Fsp3) is 0.222. The van der Waals surface area contributed by atoms with E-state index in [1.165, 1.54) is 18.0 Å². The fourth-order valence-corrected chi connectivity index (χ4v) is 4.00. The molecule has 0 saturated heterocycles. The van der Waals surface area contributed by atoms with Crippen molar-refractivity contribution in [1.82, 2.24) is 29.7 Å². The van der Waals surface area contributed by atoms with E-state index >= 15 is 0 Å². The molecule has 10 nitrogen and oxygen atoms in total. The van der Waals surface area contributed by atoms with Crippen molar-refractivity contribution in [2.45, 2.75) is 19.9 Å². The molecule has 3 aromatic heterocycles. The third kappa shape index (κ3) is 5.60. The average Bonchev–Trinajstić information content (AvgIpc) is 3.29. The number of hydrogen-bond donors (Lipinski definition) is 2. The number of nitrogens with one attached hydrogen (secondary N) is 1. The molecular formula is C27H25F2N7O3. The van der Waals surface area contributed by atoms with Crippen LogP contribution in [0, 0.1) is 18.6 Å². The lowest BCUT2D eigenvalue weighted by Gasteiger charge is -2.11. The minimum absolute atomic E-state index is 0.0544. The van der Waals surface area contributed by atoms with Gasteiger partial charge >= 0.3 is 0 Å². The summed E-state index contributed by atoms with van der Waals surface area (Å²) in [5.74, 6) is 0.686. The predicted octanol–water partition coefficient (Wildman–Crippen LogP) is 4.43. The largest absolute Gasteiger partial charge is 0.493 e. The standard InChI is InChI=1S/C27H25F2N7O3/c1-16-30-9-8-24(32-16)33-26-23(38-2)14-31-27(34-26)25-18-6-3-4-7-22(18)36(35-25)15-19-20(28)12-17(13-21(19)29)39-11-5-10-37/h3-4,6-9,12-14,37H,5,10-11,15H2,1-2H3,(H,30,31,32,33,34). The number of fused-ring (bicyclic) bond motifs is 1. The Bertz CT molecular complexity index is 1600. The molecule has 0 spiro atoms. The Hall–Kier alpha value is -4.71. The number of halogens is 2. The molecule has 0 unspecified atom stereocenters. The zero-order valence-corrected chi connectivity index (χ0v) is 21.2. The molecule has 12 heteroatoms. The molecule has 0 radical (unpaired) electrons. The second kappa shape index (κ2) is 11.4. The highest BCUT2D eigenvalue weighted by molar-refractivity contribution is 5.92.